The van der Waals surface area contributed by atoms with E-state index in [1.54, 1.807) is 0 Å². The zero-order chi connectivity index (χ0) is 17.3. The molecule has 0 aliphatic heterocycles. The van der Waals surface area contributed by atoms with Crippen molar-refractivity contribution in [2.24, 2.45) is 0 Å². The van der Waals surface area contributed by atoms with Crippen LogP contribution in [0.4, 0.5) is 0 Å². The van der Waals surface area contributed by atoms with Crippen LogP contribution in [0.2, 0.25) is 0 Å². The normalized spacial score (nSPS) is 7.69. The molecule has 2 radical (unpaired) electrons. The predicted molar refractivity (Wildman–Crippen MR) is 108 cm³/mol. The maximum absolute atomic E-state index is 4.81. The Balaban J connectivity index is 0. The first-order valence-corrected chi connectivity index (χ1v) is 8.38. The molecule has 0 nitrogen and oxygen atoms in total. The molecule has 0 aromatic heterocycles. The van der Waals surface area contributed by atoms with Crippen molar-refractivity contribution in [3.05, 3.63) is 121 Å². The van der Waals surface area contributed by atoms with Gasteiger partial charge in [-0.3, -0.25) is 0 Å². The van der Waals surface area contributed by atoms with E-state index in [4.69, 9.17) is 25.3 Å². The quantitative estimate of drug-likeness (QED) is 0.231. The van der Waals surface area contributed by atoms with Gasteiger partial charge in [-0.25, -0.2) is 12.1 Å². The fourth-order valence-electron chi connectivity index (χ4n) is 1.48. The van der Waals surface area contributed by atoms with Gasteiger partial charge in [0.25, 0.3) is 0 Å². The summed E-state index contributed by atoms with van der Waals surface area (Å²) in [5, 5.41) is 0. The summed E-state index contributed by atoms with van der Waals surface area (Å²) < 4.78 is 0. The molecule has 0 spiro atoms. The minimum Gasteiger partial charge on any atom is -0.780 e. The molecule has 0 amide bonds. The predicted octanol–water partition coefficient (Wildman–Crippen LogP) is 5.99. The molecule has 0 fully saturated rings. The van der Waals surface area contributed by atoms with Gasteiger partial charge in [-0.1, -0.05) is 60.7 Å². The molecule has 0 N–H and O–H groups in total. The number of benzene rings is 2. The molecule has 0 bridgehead atoms. The Hall–Kier alpha value is -1.41. The van der Waals surface area contributed by atoms with Crippen molar-refractivity contribution in [3.8, 4) is 0 Å². The molecule has 4 rings (SSSR count). The van der Waals surface area contributed by atoms with Crippen LogP contribution in [0.15, 0.2) is 131 Å². The second kappa shape index (κ2) is 19.9. The Bertz CT molecular complexity index is 581. The molecule has 0 aliphatic carbocycles. The molecule has 4 heteroatoms. The summed E-state index contributed by atoms with van der Waals surface area (Å²) in [7, 11) is 0. The zero-order valence-electron chi connectivity index (χ0n) is 14.0. The van der Waals surface area contributed by atoms with Crippen molar-refractivity contribution in [2.75, 3.05) is 0 Å². The molecule has 0 saturated heterocycles. The van der Waals surface area contributed by atoms with Gasteiger partial charge in [-0.2, -0.15) is 28.0 Å². The summed E-state index contributed by atoms with van der Waals surface area (Å²) in [6, 6.07) is 39.2. The molecule has 0 saturated carbocycles. The second-order valence-electron chi connectivity index (χ2n) is 4.55. The van der Waals surface area contributed by atoms with Gasteiger partial charge in [0.2, 0.25) is 0 Å². The Morgan fingerprint density at radius 2 is 0.769 bits per heavy atom. The molecule has 0 aliphatic rings. The van der Waals surface area contributed by atoms with Gasteiger partial charge in [0.15, 0.2) is 0 Å². The summed E-state index contributed by atoms with van der Waals surface area (Å²) in [4.78, 5) is 1.81. The van der Waals surface area contributed by atoms with Crippen molar-refractivity contribution in [3.63, 3.8) is 0 Å². The average molecular weight is 466 g/mol. The fraction of sp³-hybridized carbons (Fsp3) is 0. The van der Waals surface area contributed by atoms with E-state index >= 15 is 0 Å². The third-order valence-electron chi connectivity index (χ3n) is 2.60. The Morgan fingerprint density at radius 1 is 0.462 bits per heavy atom. The van der Waals surface area contributed by atoms with Gasteiger partial charge in [-0.15, -0.1) is 0 Å². The van der Waals surface area contributed by atoms with Crippen LogP contribution < -0.4 is 0 Å². The van der Waals surface area contributed by atoms with Crippen molar-refractivity contribution < 1.29 is 33.6 Å². The molecule has 0 unspecified atom stereocenters. The van der Waals surface area contributed by atoms with Gasteiger partial charge in [0.1, 0.15) is 0 Å². The van der Waals surface area contributed by atoms with Gasteiger partial charge < -0.3 is 55.6 Å². The second-order valence-corrected chi connectivity index (χ2v) is 5.49. The van der Waals surface area contributed by atoms with Crippen molar-refractivity contribution in [2.45, 2.75) is 9.79 Å². The topological polar surface area (TPSA) is 0 Å². The van der Waals surface area contributed by atoms with E-state index in [2.05, 4.69) is 0 Å². The van der Waals surface area contributed by atoms with Crippen LogP contribution in [0.3, 0.4) is 0 Å². The Kier molecular flexibility index (Phi) is 20.5. The number of rotatable bonds is 0. The van der Waals surface area contributed by atoms with Crippen LogP contribution in [-0.4, -0.2) is 0 Å². The first-order chi connectivity index (χ1) is 11.8. The maximum Gasteiger partial charge on any atom is 0 e. The molecule has 0 heterocycles. The largest absolute Gasteiger partial charge is 0.780 e. The minimum atomic E-state index is 0. The van der Waals surface area contributed by atoms with E-state index in [1.807, 2.05) is 121 Å². The first kappa shape index (κ1) is 26.8. The van der Waals surface area contributed by atoms with Crippen LogP contribution >= 0.6 is 0 Å². The molecule has 26 heavy (non-hydrogen) atoms. The van der Waals surface area contributed by atoms with E-state index < -0.39 is 0 Å². The SMILES string of the molecule is [Co].[Co].[S-]c1ccccc1.[S-]c1ccccc1.[cH-]1[cH-][cH-][cH-][cH-]1.c1cc[cH-]c1. The summed E-state index contributed by atoms with van der Waals surface area (Å²) in [5.41, 5.74) is 0. The summed E-state index contributed by atoms with van der Waals surface area (Å²) >= 11 is 9.62. The van der Waals surface area contributed by atoms with Crippen LogP contribution in [0.25, 0.3) is 0 Å². The van der Waals surface area contributed by atoms with Gasteiger partial charge in [0, 0.05) is 33.6 Å². The van der Waals surface area contributed by atoms with E-state index in [9.17, 15) is 0 Å². The molecule has 4 aromatic carbocycles. The van der Waals surface area contributed by atoms with Crippen LogP contribution in [0.5, 0.6) is 0 Å². The number of hydrogen-bond acceptors (Lipinski definition) is 2. The Labute approximate surface area is 189 Å². The van der Waals surface area contributed by atoms with Gasteiger partial charge in [0.05, 0.1) is 0 Å². The molecule has 146 valence electrons. The van der Waals surface area contributed by atoms with E-state index in [0.717, 1.165) is 9.79 Å². The van der Waals surface area contributed by atoms with E-state index in [1.165, 1.54) is 0 Å². The van der Waals surface area contributed by atoms with E-state index in [0.29, 0.717) is 0 Å². The number of hydrogen-bond donors (Lipinski definition) is 0. The average Bonchev–Trinajstić information content (AvgIpc) is 3.36. The van der Waals surface area contributed by atoms with Crippen LogP contribution in [-0.2, 0) is 58.8 Å². The maximum atomic E-state index is 4.81. The van der Waals surface area contributed by atoms with E-state index in [-0.39, 0.29) is 33.6 Å². The molecule has 4 aromatic rings. The monoisotopic (exact) mass is 466 g/mol. The van der Waals surface area contributed by atoms with Crippen molar-refractivity contribution in [1.82, 2.24) is 0 Å². The van der Waals surface area contributed by atoms with Crippen LogP contribution in [0, 0.1) is 0 Å². The fourth-order valence-corrected chi connectivity index (χ4v) is 1.80. The van der Waals surface area contributed by atoms with Gasteiger partial charge in [-0.05, 0) is 0 Å². The molecular formula is C22H20Co2S2-8. The third-order valence-corrected chi connectivity index (χ3v) is 3.14. The summed E-state index contributed by atoms with van der Waals surface area (Å²) in [5.74, 6) is 0. The standard InChI is InChI=1S/2C6H6S.2C5H5.2Co/c2*7-6-4-2-1-3-5-6;2*1-2-4-5-3-1;;/h2*1-5,7H;2*1-5H;;/q;;-5;-1;;/p-2. The zero-order valence-corrected chi connectivity index (χ0v) is 17.7. The summed E-state index contributed by atoms with van der Waals surface area (Å²) in [6.07, 6.45) is 0. The first-order valence-electron chi connectivity index (χ1n) is 7.56. The minimum absolute atomic E-state index is 0. The molecular weight excluding hydrogens is 446 g/mol. The third kappa shape index (κ3) is 17.4. The van der Waals surface area contributed by atoms with Crippen molar-refractivity contribution in [1.29, 1.82) is 0 Å². The smallest absolute Gasteiger partial charge is 0 e. The molecule has 0 atom stereocenters. The summed E-state index contributed by atoms with van der Waals surface area (Å²) in [6.45, 7) is 0. The Morgan fingerprint density at radius 3 is 0.923 bits per heavy atom. The van der Waals surface area contributed by atoms with Crippen molar-refractivity contribution >= 4 is 25.3 Å². The van der Waals surface area contributed by atoms with Gasteiger partial charge >= 0.3 is 0 Å². The van der Waals surface area contributed by atoms with Crippen LogP contribution in [0.1, 0.15) is 0 Å².